The van der Waals surface area contributed by atoms with Gasteiger partial charge in [-0.25, -0.2) is 0 Å². The van der Waals surface area contributed by atoms with Gasteiger partial charge in [0.15, 0.2) is 6.10 Å². The summed E-state index contributed by atoms with van der Waals surface area (Å²) in [7, 11) is 1.18. The van der Waals surface area contributed by atoms with Gasteiger partial charge in [0.05, 0.1) is 27.7 Å². The average molecular weight is 1100 g/mol. The lowest BCUT2D eigenvalue weighted by atomic mass is 10.0. The van der Waals surface area contributed by atoms with Crippen LogP contribution in [0.2, 0.25) is 0 Å². The highest BCUT2D eigenvalue weighted by molar-refractivity contribution is 7.45. The van der Waals surface area contributed by atoms with Crippen LogP contribution in [0.4, 0.5) is 0 Å². The first-order valence-electron chi connectivity index (χ1n) is 33.4. The van der Waals surface area contributed by atoms with Gasteiger partial charge < -0.3 is 27.9 Å². The van der Waals surface area contributed by atoms with Crippen LogP contribution < -0.4 is 4.89 Å². The van der Waals surface area contributed by atoms with Crippen LogP contribution in [0.25, 0.3) is 0 Å². The van der Waals surface area contributed by atoms with Gasteiger partial charge in [-0.3, -0.25) is 14.2 Å². The van der Waals surface area contributed by atoms with Crippen LogP contribution in [0.15, 0.2) is 12.2 Å². The fourth-order valence-electron chi connectivity index (χ4n) is 10.1. The molecule has 0 aromatic rings. The van der Waals surface area contributed by atoms with E-state index >= 15 is 0 Å². The Morgan fingerprint density at radius 1 is 0.395 bits per heavy atom. The summed E-state index contributed by atoms with van der Waals surface area (Å²) in [5, 5.41) is 0. The number of nitrogens with zero attached hydrogens (tertiary/aromatic N) is 1. The normalized spacial score (nSPS) is 13.2. The molecule has 76 heavy (non-hydrogen) atoms. The molecule has 9 nitrogen and oxygen atoms in total. The Labute approximate surface area is 473 Å². The van der Waals surface area contributed by atoms with Crippen molar-refractivity contribution in [3.05, 3.63) is 12.2 Å². The van der Waals surface area contributed by atoms with Crippen LogP contribution in [0.1, 0.15) is 348 Å². The van der Waals surface area contributed by atoms with E-state index in [0.717, 1.165) is 44.9 Å². The number of quaternary nitrogens is 1. The predicted molar refractivity (Wildman–Crippen MR) is 324 cm³/mol. The van der Waals surface area contributed by atoms with Gasteiger partial charge in [0.25, 0.3) is 7.82 Å². The number of ether oxygens (including phenoxy) is 2. The number of carbonyl (C=O) groups is 2. The monoisotopic (exact) mass is 1100 g/mol. The van der Waals surface area contributed by atoms with Crippen LogP contribution >= 0.6 is 7.82 Å². The average Bonchev–Trinajstić information content (AvgIpc) is 3.38. The standard InChI is InChI=1S/C66H130NO8P/c1-6-8-10-12-14-16-18-20-22-24-26-27-28-29-30-31-32-33-34-35-36-37-38-39-40-41-43-44-46-48-50-52-54-56-58-65(68)72-62-64(63-74-76(70,71)73-61-60-67(3,4)5)75-66(69)59-57-55-53-51-49-47-45-42-25-23-21-19-17-15-13-11-9-7-2/h23,25,64H,6-22,24,26-63H2,1-5H3/b25-23-. The van der Waals surface area contributed by atoms with E-state index in [1.807, 2.05) is 21.1 Å². The molecule has 0 fully saturated rings. The molecule has 0 rings (SSSR count). The molecule has 452 valence electrons. The number of unbranched alkanes of at least 4 members (excludes halogenated alkanes) is 47. The maximum absolute atomic E-state index is 12.8. The number of esters is 2. The Morgan fingerprint density at radius 3 is 0.974 bits per heavy atom. The number of phosphoric acid groups is 1. The molecule has 0 radical (unpaired) electrons. The quantitative estimate of drug-likeness (QED) is 0.0195. The largest absolute Gasteiger partial charge is 0.756 e. The summed E-state index contributed by atoms with van der Waals surface area (Å²) in [5.74, 6) is -0.817. The van der Waals surface area contributed by atoms with E-state index in [9.17, 15) is 19.0 Å². The number of carbonyl (C=O) groups excluding carboxylic acids is 2. The second kappa shape index (κ2) is 58.4. The van der Waals surface area contributed by atoms with Gasteiger partial charge in [0.2, 0.25) is 0 Å². The number of allylic oxidation sites excluding steroid dienone is 2. The topological polar surface area (TPSA) is 111 Å². The van der Waals surface area contributed by atoms with E-state index in [4.69, 9.17) is 18.5 Å². The highest BCUT2D eigenvalue weighted by atomic mass is 31.2. The third-order valence-electron chi connectivity index (χ3n) is 15.3. The lowest BCUT2D eigenvalue weighted by molar-refractivity contribution is -0.870. The minimum Gasteiger partial charge on any atom is -0.756 e. The van der Waals surface area contributed by atoms with Gasteiger partial charge in [0.1, 0.15) is 19.8 Å². The highest BCUT2D eigenvalue weighted by Crippen LogP contribution is 2.38. The smallest absolute Gasteiger partial charge is 0.306 e. The molecule has 0 spiro atoms. The Kier molecular flexibility index (Phi) is 57.4. The molecule has 0 heterocycles. The first-order valence-corrected chi connectivity index (χ1v) is 34.9. The molecule has 0 saturated carbocycles. The molecule has 2 atom stereocenters. The summed E-state index contributed by atoms with van der Waals surface area (Å²) in [6.07, 6.45) is 70.1. The number of hydrogen-bond donors (Lipinski definition) is 0. The fourth-order valence-corrected chi connectivity index (χ4v) is 10.9. The van der Waals surface area contributed by atoms with Crippen molar-refractivity contribution in [2.24, 2.45) is 0 Å². The highest BCUT2D eigenvalue weighted by Gasteiger charge is 2.22. The molecule has 0 saturated heterocycles. The second-order valence-corrected chi connectivity index (χ2v) is 25.6. The molecular weight excluding hydrogens is 966 g/mol. The molecule has 0 aliphatic carbocycles. The summed E-state index contributed by atoms with van der Waals surface area (Å²) in [6, 6.07) is 0. The van der Waals surface area contributed by atoms with Gasteiger partial charge in [-0.15, -0.1) is 0 Å². The van der Waals surface area contributed by atoms with Crippen LogP contribution in [0.5, 0.6) is 0 Å². The molecular formula is C66H130NO8P. The molecule has 2 unspecified atom stereocenters. The zero-order chi connectivity index (χ0) is 55.6. The van der Waals surface area contributed by atoms with Crippen molar-refractivity contribution in [3.8, 4) is 0 Å². The molecule has 0 aliphatic rings. The van der Waals surface area contributed by atoms with E-state index in [1.54, 1.807) is 0 Å². The summed E-state index contributed by atoms with van der Waals surface area (Å²) in [5.41, 5.74) is 0. The van der Waals surface area contributed by atoms with Crippen LogP contribution in [-0.4, -0.2) is 70.0 Å². The molecule has 10 heteroatoms. The van der Waals surface area contributed by atoms with E-state index < -0.39 is 26.5 Å². The third-order valence-corrected chi connectivity index (χ3v) is 16.2. The minimum absolute atomic E-state index is 0.0279. The molecule has 0 aliphatic heterocycles. The Morgan fingerprint density at radius 2 is 0.671 bits per heavy atom. The molecule has 0 aromatic heterocycles. The van der Waals surface area contributed by atoms with Crippen LogP contribution in [0.3, 0.4) is 0 Å². The SMILES string of the molecule is CCCCCCCCC/C=C\CCCCCCCCCC(=O)OC(COC(=O)CCCCCCCCCCCCCCCCCCCCCCCCCCCCCCCCCCCC)COP(=O)([O-])OCC[N+](C)(C)C. The molecule has 0 aromatic carbocycles. The molecule has 0 bridgehead atoms. The van der Waals surface area contributed by atoms with E-state index in [-0.39, 0.29) is 32.0 Å². The van der Waals surface area contributed by atoms with Crippen molar-refractivity contribution >= 4 is 19.8 Å². The van der Waals surface area contributed by atoms with Gasteiger partial charge in [-0.2, -0.15) is 0 Å². The van der Waals surface area contributed by atoms with Crippen molar-refractivity contribution in [1.82, 2.24) is 0 Å². The van der Waals surface area contributed by atoms with Crippen molar-refractivity contribution in [1.29, 1.82) is 0 Å². The van der Waals surface area contributed by atoms with Crippen molar-refractivity contribution in [2.75, 3.05) is 47.5 Å². The Bertz CT molecular complexity index is 1290. The maximum Gasteiger partial charge on any atom is 0.306 e. The van der Waals surface area contributed by atoms with Crippen molar-refractivity contribution < 1.29 is 42.1 Å². The lowest BCUT2D eigenvalue weighted by Crippen LogP contribution is -2.37. The van der Waals surface area contributed by atoms with E-state index in [1.165, 1.54) is 270 Å². The number of phosphoric ester groups is 1. The second-order valence-electron chi connectivity index (χ2n) is 24.2. The Balaban J connectivity index is 3.93. The number of rotatable bonds is 63. The van der Waals surface area contributed by atoms with Gasteiger partial charge in [0, 0.05) is 12.8 Å². The summed E-state index contributed by atoms with van der Waals surface area (Å²) in [6.45, 7) is 4.30. The van der Waals surface area contributed by atoms with E-state index in [0.29, 0.717) is 17.4 Å². The summed E-state index contributed by atoms with van der Waals surface area (Å²) in [4.78, 5) is 37.9. The zero-order valence-electron chi connectivity index (χ0n) is 51.5. The fraction of sp³-hybridized carbons (Fsp3) is 0.939. The first-order chi connectivity index (χ1) is 37.0. The van der Waals surface area contributed by atoms with Crippen LogP contribution in [0, 0.1) is 0 Å². The van der Waals surface area contributed by atoms with Gasteiger partial charge in [-0.1, -0.05) is 309 Å². The predicted octanol–water partition coefficient (Wildman–Crippen LogP) is 20.5. The third kappa shape index (κ3) is 62.0. The zero-order valence-corrected chi connectivity index (χ0v) is 52.4. The maximum atomic E-state index is 12.8. The first kappa shape index (κ1) is 74.8. The summed E-state index contributed by atoms with van der Waals surface area (Å²) >= 11 is 0. The Hall–Kier alpha value is -1.25. The number of likely N-dealkylation sites (N-methyl/N-ethyl adjacent to an activating group) is 1. The van der Waals surface area contributed by atoms with Crippen LogP contribution in [-0.2, 0) is 32.7 Å². The van der Waals surface area contributed by atoms with Crippen molar-refractivity contribution in [3.63, 3.8) is 0 Å². The number of hydrogen-bond acceptors (Lipinski definition) is 8. The van der Waals surface area contributed by atoms with Crippen molar-refractivity contribution in [2.45, 2.75) is 354 Å². The summed E-state index contributed by atoms with van der Waals surface area (Å²) < 4.78 is 34.2. The molecule has 0 amide bonds. The molecule has 0 N–H and O–H groups in total. The van der Waals surface area contributed by atoms with E-state index in [2.05, 4.69) is 26.0 Å². The lowest BCUT2D eigenvalue weighted by Gasteiger charge is -2.28. The van der Waals surface area contributed by atoms with Gasteiger partial charge >= 0.3 is 11.9 Å². The van der Waals surface area contributed by atoms with Gasteiger partial charge in [-0.05, 0) is 38.5 Å². The minimum atomic E-state index is -4.63.